The predicted molar refractivity (Wildman–Crippen MR) is 69.6 cm³/mol. The summed E-state index contributed by atoms with van der Waals surface area (Å²) in [6, 6.07) is 3.57. The molecule has 0 saturated carbocycles. The molecule has 0 aromatic heterocycles. The molecule has 0 fully saturated rings. The van der Waals surface area contributed by atoms with Gasteiger partial charge < -0.3 is 10.5 Å². The van der Waals surface area contributed by atoms with E-state index in [4.69, 9.17) is 10.5 Å². The summed E-state index contributed by atoms with van der Waals surface area (Å²) in [5.74, 6) is -1.52. The van der Waals surface area contributed by atoms with Crippen LogP contribution in [-0.4, -0.2) is 36.8 Å². The molecule has 21 heavy (non-hydrogen) atoms. The van der Waals surface area contributed by atoms with E-state index in [0.29, 0.717) is 5.56 Å². The maximum atomic E-state index is 13.6. The van der Waals surface area contributed by atoms with Gasteiger partial charge in [-0.15, -0.1) is 0 Å². The molecule has 1 aromatic carbocycles. The second-order valence-corrected chi connectivity index (χ2v) is 4.75. The number of rotatable bonds is 4. The number of guanidine groups is 1. The fraction of sp³-hybridized carbons (Fsp3) is 0.385. The van der Waals surface area contributed by atoms with Gasteiger partial charge in [-0.1, -0.05) is 6.07 Å². The van der Waals surface area contributed by atoms with Crippen LogP contribution in [0.25, 0.3) is 0 Å². The molecular formula is C13H14F3N3O2. The Morgan fingerprint density at radius 2 is 2.14 bits per heavy atom. The molecule has 1 aliphatic rings. The van der Waals surface area contributed by atoms with Crippen LogP contribution in [0.1, 0.15) is 12.5 Å². The molecule has 1 amide bonds. The predicted octanol–water partition coefficient (Wildman–Crippen LogP) is 1.47. The fourth-order valence-corrected chi connectivity index (χ4v) is 2.04. The molecule has 5 nitrogen and oxygen atoms in total. The average Bonchev–Trinajstić information content (AvgIpc) is 2.62. The topological polar surface area (TPSA) is 67.9 Å². The number of aliphatic imine (C=N–C) groups is 1. The lowest BCUT2D eigenvalue weighted by Gasteiger charge is -2.21. The highest BCUT2D eigenvalue weighted by Gasteiger charge is 2.44. The van der Waals surface area contributed by atoms with Crippen molar-refractivity contribution >= 4 is 11.9 Å². The molecule has 8 heteroatoms. The zero-order valence-electron chi connectivity index (χ0n) is 11.4. The van der Waals surface area contributed by atoms with Gasteiger partial charge in [0.15, 0.2) is 23.1 Å². The lowest BCUT2D eigenvalue weighted by molar-refractivity contribution is -0.130. The van der Waals surface area contributed by atoms with Gasteiger partial charge in [-0.25, -0.2) is 18.2 Å². The number of carbonyl (C=O) groups excluding carboxylic acids is 1. The van der Waals surface area contributed by atoms with Gasteiger partial charge in [0.05, 0.1) is 0 Å². The molecule has 2 rings (SSSR count). The Morgan fingerprint density at radius 3 is 2.67 bits per heavy atom. The smallest absolute Gasteiger partial charge is 0.272 e. The van der Waals surface area contributed by atoms with Crippen LogP contribution < -0.4 is 10.5 Å². The molecule has 0 spiro atoms. The summed E-state index contributed by atoms with van der Waals surface area (Å²) >= 11 is 0. The molecule has 1 aromatic rings. The zero-order chi connectivity index (χ0) is 15.8. The molecule has 1 atom stereocenters. The van der Waals surface area contributed by atoms with Crippen LogP contribution >= 0.6 is 0 Å². The molecular weight excluding hydrogens is 287 g/mol. The largest absolute Gasteiger partial charge is 0.485 e. The minimum Gasteiger partial charge on any atom is -0.485 e. The standard InChI is InChI=1S/C13H14F3N3O2/c1-13(11(20)19(2)12(17)18-13)7-3-4-8(14)9(5-7)21-6-10(15)16/h3-5,10H,6H2,1-2H3,(H2,17,18)/t13-/m1/s1. The van der Waals surface area contributed by atoms with Crippen molar-refractivity contribution < 1.29 is 22.7 Å². The maximum Gasteiger partial charge on any atom is 0.272 e. The van der Waals surface area contributed by atoms with E-state index in [1.165, 1.54) is 31.0 Å². The van der Waals surface area contributed by atoms with Crippen LogP contribution in [0.4, 0.5) is 13.2 Å². The van der Waals surface area contributed by atoms with Crippen molar-refractivity contribution in [3.63, 3.8) is 0 Å². The van der Waals surface area contributed by atoms with Crippen molar-refractivity contribution in [2.45, 2.75) is 18.9 Å². The lowest BCUT2D eigenvalue weighted by Crippen LogP contribution is -2.38. The first kappa shape index (κ1) is 15.1. The molecule has 2 N–H and O–H groups in total. The van der Waals surface area contributed by atoms with Gasteiger partial charge in [-0.3, -0.25) is 9.69 Å². The Labute approximate surface area is 119 Å². The van der Waals surface area contributed by atoms with Gasteiger partial charge >= 0.3 is 0 Å². The van der Waals surface area contributed by atoms with Crippen LogP contribution in [0.2, 0.25) is 0 Å². The van der Waals surface area contributed by atoms with Crippen molar-refractivity contribution in [3.8, 4) is 5.75 Å². The summed E-state index contributed by atoms with van der Waals surface area (Å²) < 4.78 is 42.6. The van der Waals surface area contributed by atoms with Crippen LogP contribution in [0, 0.1) is 5.82 Å². The summed E-state index contributed by atoms with van der Waals surface area (Å²) in [6.07, 6.45) is -2.73. The molecule has 1 heterocycles. The Kier molecular flexibility index (Phi) is 3.80. The van der Waals surface area contributed by atoms with Crippen LogP contribution in [0.5, 0.6) is 5.75 Å². The third-order valence-corrected chi connectivity index (χ3v) is 3.26. The van der Waals surface area contributed by atoms with Gasteiger partial charge in [0.1, 0.15) is 6.61 Å². The maximum absolute atomic E-state index is 13.6. The number of benzene rings is 1. The molecule has 0 aliphatic carbocycles. The van der Waals surface area contributed by atoms with Crippen molar-refractivity contribution in [1.82, 2.24) is 4.90 Å². The summed E-state index contributed by atoms with van der Waals surface area (Å²) in [5, 5.41) is 0. The molecule has 1 aliphatic heterocycles. The highest BCUT2D eigenvalue weighted by molar-refractivity contribution is 6.06. The van der Waals surface area contributed by atoms with Gasteiger partial charge in [0, 0.05) is 7.05 Å². The normalized spacial score (nSPS) is 21.9. The zero-order valence-corrected chi connectivity index (χ0v) is 11.4. The van der Waals surface area contributed by atoms with E-state index in [0.717, 1.165) is 6.07 Å². The molecule has 0 unspecified atom stereocenters. The first-order valence-corrected chi connectivity index (χ1v) is 6.10. The molecule has 0 saturated heterocycles. The quantitative estimate of drug-likeness (QED) is 0.915. The Hall–Kier alpha value is -2.25. The van der Waals surface area contributed by atoms with E-state index in [1.54, 1.807) is 0 Å². The van der Waals surface area contributed by atoms with Crippen molar-refractivity contribution in [1.29, 1.82) is 0 Å². The van der Waals surface area contributed by atoms with E-state index in [9.17, 15) is 18.0 Å². The first-order valence-electron chi connectivity index (χ1n) is 6.10. The highest BCUT2D eigenvalue weighted by Crippen LogP contribution is 2.34. The van der Waals surface area contributed by atoms with Crippen molar-refractivity contribution in [3.05, 3.63) is 29.6 Å². The van der Waals surface area contributed by atoms with Crippen LogP contribution in [0.15, 0.2) is 23.2 Å². The number of likely N-dealkylation sites (N-methyl/N-ethyl adjacent to an activating group) is 1. The molecule has 0 bridgehead atoms. The van der Waals surface area contributed by atoms with E-state index in [1.807, 2.05) is 0 Å². The second kappa shape index (κ2) is 5.27. The number of amides is 1. The average molecular weight is 301 g/mol. The summed E-state index contributed by atoms with van der Waals surface area (Å²) in [6.45, 7) is 0.576. The number of ether oxygens (including phenoxy) is 1. The summed E-state index contributed by atoms with van der Waals surface area (Å²) in [5.41, 5.74) is 4.59. The lowest BCUT2D eigenvalue weighted by atomic mass is 9.92. The van der Waals surface area contributed by atoms with E-state index in [2.05, 4.69) is 4.99 Å². The highest BCUT2D eigenvalue weighted by atomic mass is 19.3. The van der Waals surface area contributed by atoms with E-state index >= 15 is 0 Å². The number of nitrogens with zero attached hydrogens (tertiary/aromatic N) is 2. The number of alkyl halides is 2. The van der Waals surface area contributed by atoms with Crippen LogP contribution in [0.3, 0.4) is 0 Å². The molecule has 0 radical (unpaired) electrons. The van der Waals surface area contributed by atoms with Crippen LogP contribution in [-0.2, 0) is 10.3 Å². The van der Waals surface area contributed by atoms with Gasteiger partial charge in [-0.2, -0.15) is 0 Å². The number of hydrogen-bond acceptors (Lipinski definition) is 4. The van der Waals surface area contributed by atoms with Crippen molar-refractivity contribution in [2.75, 3.05) is 13.7 Å². The van der Waals surface area contributed by atoms with E-state index in [-0.39, 0.29) is 11.7 Å². The van der Waals surface area contributed by atoms with E-state index < -0.39 is 30.3 Å². The first-order chi connectivity index (χ1) is 9.75. The number of hydrogen-bond donors (Lipinski definition) is 1. The van der Waals surface area contributed by atoms with Gasteiger partial charge in [0.2, 0.25) is 0 Å². The monoisotopic (exact) mass is 301 g/mol. The third-order valence-electron chi connectivity index (χ3n) is 3.26. The Morgan fingerprint density at radius 1 is 1.48 bits per heavy atom. The number of carbonyl (C=O) groups is 1. The van der Waals surface area contributed by atoms with Gasteiger partial charge in [-0.05, 0) is 24.6 Å². The number of nitrogens with two attached hydrogens (primary N) is 1. The Bertz CT molecular complexity index is 606. The second-order valence-electron chi connectivity index (χ2n) is 4.75. The minimum absolute atomic E-state index is 0.0295. The SMILES string of the molecule is CN1C(=O)[C@@](C)(c2ccc(F)c(OCC(F)F)c2)N=C1N. The Balaban J connectivity index is 2.37. The van der Waals surface area contributed by atoms with Gasteiger partial charge in [0.25, 0.3) is 12.3 Å². The summed E-state index contributed by atoms with van der Waals surface area (Å²) in [4.78, 5) is 17.4. The fourth-order valence-electron chi connectivity index (χ4n) is 2.04. The number of halogens is 3. The minimum atomic E-state index is -2.73. The molecule has 114 valence electrons. The third kappa shape index (κ3) is 2.65. The summed E-state index contributed by atoms with van der Waals surface area (Å²) in [7, 11) is 1.46. The van der Waals surface area contributed by atoms with Crippen molar-refractivity contribution in [2.24, 2.45) is 10.7 Å².